The van der Waals surface area contributed by atoms with Gasteiger partial charge in [-0.2, -0.15) is 0 Å². The maximum absolute atomic E-state index is 3.67. The smallest absolute Gasteiger partial charge is 0.00760 e. The maximum Gasteiger partial charge on any atom is 0.00760 e. The number of hydrogen-bond acceptors (Lipinski definition) is 4. The van der Waals surface area contributed by atoms with Gasteiger partial charge < -0.3 is 20.4 Å². The molecule has 1 rings (SSSR count). The van der Waals surface area contributed by atoms with E-state index in [9.17, 15) is 0 Å². The minimum absolute atomic E-state index is 0.604. The van der Waals surface area contributed by atoms with Gasteiger partial charge in [0.15, 0.2) is 0 Å². The fourth-order valence-electron chi connectivity index (χ4n) is 2.96. The molecule has 22 heavy (non-hydrogen) atoms. The van der Waals surface area contributed by atoms with Crippen LogP contribution in [0.5, 0.6) is 0 Å². The van der Waals surface area contributed by atoms with Gasteiger partial charge in [-0.15, -0.1) is 0 Å². The molecule has 0 aromatic rings. The van der Waals surface area contributed by atoms with Crippen LogP contribution in [-0.4, -0.2) is 74.2 Å². The summed E-state index contributed by atoms with van der Waals surface area (Å²) >= 11 is 0. The molecule has 0 bridgehead atoms. The molecule has 0 aromatic carbocycles. The minimum atomic E-state index is 0.604. The van der Waals surface area contributed by atoms with Gasteiger partial charge in [0, 0.05) is 24.2 Å². The Bertz CT molecular complexity index is 284. The summed E-state index contributed by atoms with van der Waals surface area (Å²) in [6.07, 6.45) is 4.92. The zero-order chi connectivity index (χ0) is 16.5. The fraction of sp³-hybridized carbons (Fsp3) is 1.00. The van der Waals surface area contributed by atoms with Gasteiger partial charge >= 0.3 is 0 Å². The second-order valence-corrected chi connectivity index (χ2v) is 7.52. The third kappa shape index (κ3) is 7.91. The highest BCUT2D eigenvalue weighted by molar-refractivity contribution is 4.73. The van der Waals surface area contributed by atoms with Gasteiger partial charge in [0.25, 0.3) is 0 Å². The summed E-state index contributed by atoms with van der Waals surface area (Å²) in [5.41, 5.74) is 0. The molecule has 132 valence electrons. The molecular weight excluding hydrogens is 272 g/mol. The van der Waals surface area contributed by atoms with Gasteiger partial charge in [0.2, 0.25) is 0 Å². The first kappa shape index (κ1) is 19.9. The number of hydrogen-bond donors (Lipinski definition) is 2. The second-order valence-electron chi connectivity index (χ2n) is 7.52. The van der Waals surface area contributed by atoms with Gasteiger partial charge in [-0.1, -0.05) is 0 Å². The molecule has 1 saturated heterocycles. The predicted molar refractivity (Wildman–Crippen MR) is 97.6 cm³/mol. The summed E-state index contributed by atoms with van der Waals surface area (Å²) in [5.74, 6) is 0. The lowest BCUT2D eigenvalue weighted by Crippen LogP contribution is -2.41. The van der Waals surface area contributed by atoms with Crippen molar-refractivity contribution >= 4 is 0 Å². The molecule has 0 spiro atoms. The van der Waals surface area contributed by atoms with E-state index in [1.54, 1.807) is 0 Å². The van der Waals surface area contributed by atoms with Crippen LogP contribution in [0.3, 0.4) is 0 Å². The lowest BCUT2D eigenvalue weighted by Gasteiger charge is -2.31. The molecule has 0 amide bonds. The zero-order valence-electron chi connectivity index (χ0n) is 15.9. The van der Waals surface area contributed by atoms with Gasteiger partial charge in [0.05, 0.1) is 0 Å². The molecule has 0 saturated carbocycles. The first-order valence-corrected chi connectivity index (χ1v) is 9.27. The average molecular weight is 313 g/mol. The maximum atomic E-state index is 3.67. The van der Waals surface area contributed by atoms with Gasteiger partial charge in [-0.3, -0.25) is 0 Å². The Morgan fingerprint density at radius 1 is 0.636 bits per heavy atom. The molecule has 0 radical (unpaired) electrons. The van der Waals surface area contributed by atoms with Gasteiger partial charge in [-0.25, -0.2) is 0 Å². The van der Waals surface area contributed by atoms with Crippen LogP contribution in [0.15, 0.2) is 0 Å². The highest BCUT2D eigenvalue weighted by atomic mass is 15.2. The first-order chi connectivity index (χ1) is 10.4. The van der Waals surface area contributed by atoms with E-state index in [0.717, 1.165) is 13.1 Å². The molecule has 4 atom stereocenters. The Hall–Kier alpha value is -0.160. The summed E-state index contributed by atoms with van der Waals surface area (Å²) in [6.45, 7) is 13.9. The topological polar surface area (TPSA) is 30.5 Å². The van der Waals surface area contributed by atoms with Crippen molar-refractivity contribution in [3.8, 4) is 0 Å². The second kappa shape index (κ2) is 10.6. The predicted octanol–water partition coefficient (Wildman–Crippen LogP) is 2.16. The van der Waals surface area contributed by atoms with Crippen molar-refractivity contribution in [2.24, 2.45) is 0 Å². The third-order valence-corrected chi connectivity index (χ3v) is 5.44. The van der Waals surface area contributed by atoms with Crippen LogP contribution in [-0.2, 0) is 0 Å². The number of nitrogens with one attached hydrogen (secondary N) is 2. The van der Waals surface area contributed by atoms with Crippen LogP contribution in [0, 0.1) is 0 Å². The van der Waals surface area contributed by atoms with Crippen LogP contribution < -0.4 is 10.6 Å². The van der Waals surface area contributed by atoms with Crippen molar-refractivity contribution in [2.75, 3.05) is 40.3 Å². The Kier molecular flexibility index (Phi) is 9.57. The molecule has 0 aromatic heterocycles. The van der Waals surface area contributed by atoms with E-state index < -0.39 is 0 Å². The largest absolute Gasteiger partial charge is 0.314 e. The molecule has 4 nitrogen and oxygen atoms in total. The number of rotatable bonds is 0. The van der Waals surface area contributed by atoms with E-state index >= 15 is 0 Å². The van der Waals surface area contributed by atoms with Crippen molar-refractivity contribution in [1.82, 2.24) is 20.4 Å². The highest BCUT2D eigenvalue weighted by Crippen LogP contribution is 2.08. The zero-order valence-corrected chi connectivity index (χ0v) is 15.9. The summed E-state index contributed by atoms with van der Waals surface area (Å²) < 4.78 is 0. The van der Waals surface area contributed by atoms with E-state index in [4.69, 9.17) is 0 Å². The Morgan fingerprint density at radius 2 is 1.09 bits per heavy atom. The standard InChI is InChI=1S/C18H40N4/c1-15-7-11-19-16(2)9-13-21(5)18(4)10-14-22(6)17(3)8-12-20-15/h15-20H,7-14H2,1-6H3. The first-order valence-electron chi connectivity index (χ1n) is 9.27. The van der Waals surface area contributed by atoms with Crippen molar-refractivity contribution in [3.63, 3.8) is 0 Å². The van der Waals surface area contributed by atoms with E-state index in [1.165, 1.54) is 38.8 Å². The summed E-state index contributed by atoms with van der Waals surface area (Å²) in [6, 6.07) is 2.53. The SMILES string of the molecule is CC1CCNC(C)CCN(C)C(C)CCN(C)C(C)CCN1. The fourth-order valence-corrected chi connectivity index (χ4v) is 2.96. The normalized spacial score (nSPS) is 36.3. The molecule has 1 aliphatic heterocycles. The van der Waals surface area contributed by atoms with Crippen molar-refractivity contribution in [2.45, 2.75) is 77.5 Å². The minimum Gasteiger partial charge on any atom is -0.314 e. The Balaban J connectivity index is 2.52. The van der Waals surface area contributed by atoms with E-state index in [0.29, 0.717) is 24.2 Å². The third-order valence-electron chi connectivity index (χ3n) is 5.44. The molecule has 2 N–H and O–H groups in total. The van der Waals surface area contributed by atoms with Crippen LogP contribution in [0.25, 0.3) is 0 Å². The van der Waals surface area contributed by atoms with Crippen LogP contribution in [0.1, 0.15) is 53.4 Å². The summed E-state index contributed by atoms with van der Waals surface area (Å²) in [4.78, 5) is 5.04. The van der Waals surface area contributed by atoms with Crippen molar-refractivity contribution < 1.29 is 0 Å². The van der Waals surface area contributed by atoms with Crippen LogP contribution >= 0.6 is 0 Å². The van der Waals surface area contributed by atoms with E-state index in [2.05, 4.69) is 62.2 Å². The molecule has 1 aliphatic rings. The number of nitrogens with zero attached hydrogens (tertiary/aromatic N) is 2. The lowest BCUT2D eigenvalue weighted by molar-refractivity contribution is 0.185. The summed E-state index contributed by atoms with van der Waals surface area (Å²) in [5, 5.41) is 7.34. The van der Waals surface area contributed by atoms with E-state index in [1.807, 2.05) is 0 Å². The quantitative estimate of drug-likeness (QED) is 0.717. The van der Waals surface area contributed by atoms with Crippen molar-refractivity contribution in [1.29, 1.82) is 0 Å². The highest BCUT2D eigenvalue weighted by Gasteiger charge is 2.15. The average Bonchev–Trinajstić information content (AvgIpc) is 2.48. The van der Waals surface area contributed by atoms with Gasteiger partial charge in [-0.05, 0) is 93.7 Å². The van der Waals surface area contributed by atoms with Gasteiger partial charge in [0.1, 0.15) is 0 Å². The van der Waals surface area contributed by atoms with Crippen molar-refractivity contribution in [3.05, 3.63) is 0 Å². The molecular formula is C18H40N4. The van der Waals surface area contributed by atoms with Crippen LogP contribution in [0.4, 0.5) is 0 Å². The van der Waals surface area contributed by atoms with E-state index in [-0.39, 0.29) is 0 Å². The Morgan fingerprint density at radius 3 is 1.73 bits per heavy atom. The molecule has 1 fully saturated rings. The molecule has 1 heterocycles. The molecule has 0 aliphatic carbocycles. The molecule has 4 unspecified atom stereocenters. The van der Waals surface area contributed by atoms with Crippen LogP contribution in [0.2, 0.25) is 0 Å². The Labute approximate surface area is 139 Å². The molecule has 4 heteroatoms. The monoisotopic (exact) mass is 312 g/mol. The summed E-state index contributed by atoms with van der Waals surface area (Å²) in [7, 11) is 4.55. The lowest BCUT2D eigenvalue weighted by atomic mass is 10.1.